The van der Waals surface area contributed by atoms with Gasteiger partial charge in [0.25, 0.3) is 5.91 Å². The second-order valence-corrected chi connectivity index (χ2v) is 7.67. The van der Waals surface area contributed by atoms with Gasteiger partial charge in [-0.15, -0.1) is 0 Å². The predicted molar refractivity (Wildman–Crippen MR) is 91.9 cm³/mol. The number of carbonyl (C=O) groups is 1. The van der Waals surface area contributed by atoms with Crippen molar-refractivity contribution < 1.29 is 14.1 Å². The number of benzene rings is 1. The molecule has 124 valence electrons. The van der Waals surface area contributed by atoms with Crippen LogP contribution in [0, 0.1) is 0 Å². The second kappa shape index (κ2) is 5.95. The fourth-order valence-electron chi connectivity index (χ4n) is 3.11. The summed E-state index contributed by atoms with van der Waals surface area (Å²) in [6.07, 6.45) is 4.62. The van der Waals surface area contributed by atoms with Gasteiger partial charge in [0.05, 0.1) is 11.2 Å². The number of carbonyl (C=O) groups excluding carboxylic acids is 1. The first-order chi connectivity index (χ1) is 10.8. The minimum atomic E-state index is -0.382. The van der Waals surface area contributed by atoms with Crippen LogP contribution in [0.4, 0.5) is 0 Å². The van der Waals surface area contributed by atoms with Crippen LogP contribution in [0.25, 0.3) is 0 Å². The molecule has 1 amide bonds. The van der Waals surface area contributed by atoms with Gasteiger partial charge < -0.3 is 14.6 Å². The van der Waals surface area contributed by atoms with Gasteiger partial charge in [-0.3, -0.25) is 4.79 Å². The zero-order chi connectivity index (χ0) is 16.7. The molecule has 0 aromatic heterocycles. The highest BCUT2D eigenvalue weighted by molar-refractivity contribution is 6.62. The number of nitrogens with one attached hydrogen (secondary N) is 1. The van der Waals surface area contributed by atoms with Gasteiger partial charge in [-0.05, 0) is 58.1 Å². The van der Waals surface area contributed by atoms with Crippen LogP contribution in [0.15, 0.2) is 24.3 Å². The summed E-state index contributed by atoms with van der Waals surface area (Å²) < 4.78 is 12.1. The van der Waals surface area contributed by atoms with E-state index in [1.807, 2.05) is 52.0 Å². The van der Waals surface area contributed by atoms with Gasteiger partial charge in [0.15, 0.2) is 0 Å². The van der Waals surface area contributed by atoms with Crippen molar-refractivity contribution in [3.05, 3.63) is 29.8 Å². The minimum absolute atomic E-state index is 0.0115. The van der Waals surface area contributed by atoms with Gasteiger partial charge >= 0.3 is 7.12 Å². The average Bonchev–Trinajstić information content (AvgIpc) is 3.05. The highest BCUT2D eigenvalue weighted by atomic mass is 16.7. The van der Waals surface area contributed by atoms with Crippen LogP contribution in [-0.2, 0) is 9.31 Å². The van der Waals surface area contributed by atoms with Crippen molar-refractivity contribution in [2.45, 2.75) is 70.6 Å². The topological polar surface area (TPSA) is 47.6 Å². The van der Waals surface area contributed by atoms with Crippen LogP contribution in [0.2, 0.25) is 0 Å². The summed E-state index contributed by atoms with van der Waals surface area (Å²) in [5.74, 6) is 0.0115. The molecule has 0 radical (unpaired) electrons. The van der Waals surface area contributed by atoms with E-state index < -0.39 is 0 Å². The van der Waals surface area contributed by atoms with E-state index in [0.717, 1.165) is 18.3 Å². The lowest BCUT2D eigenvalue weighted by molar-refractivity contribution is 0.00578. The molecule has 5 heteroatoms. The van der Waals surface area contributed by atoms with E-state index >= 15 is 0 Å². The SMILES string of the molecule is CC1(C)OB(c2ccc(C(=O)NC3CCCC3)cc2)OC1(C)C. The van der Waals surface area contributed by atoms with Crippen LogP contribution in [0.1, 0.15) is 63.7 Å². The molecule has 2 fully saturated rings. The maximum Gasteiger partial charge on any atom is 0.494 e. The molecular weight excluding hydrogens is 289 g/mol. The number of hydrogen-bond donors (Lipinski definition) is 1. The maximum absolute atomic E-state index is 12.3. The van der Waals surface area contributed by atoms with Gasteiger partial charge in [0, 0.05) is 11.6 Å². The average molecular weight is 315 g/mol. The molecule has 1 saturated carbocycles. The highest BCUT2D eigenvalue weighted by Gasteiger charge is 2.51. The molecule has 23 heavy (non-hydrogen) atoms. The first kappa shape index (κ1) is 16.5. The smallest absolute Gasteiger partial charge is 0.399 e. The highest BCUT2D eigenvalue weighted by Crippen LogP contribution is 2.36. The van der Waals surface area contributed by atoms with Crippen LogP contribution >= 0.6 is 0 Å². The van der Waals surface area contributed by atoms with Gasteiger partial charge in [-0.1, -0.05) is 25.0 Å². The van der Waals surface area contributed by atoms with Crippen LogP contribution in [0.3, 0.4) is 0 Å². The maximum atomic E-state index is 12.3. The monoisotopic (exact) mass is 315 g/mol. The van der Waals surface area contributed by atoms with Gasteiger partial charge in [0.2, 0.25) is 0 Å². The molecule has 1 aliphatic heterocycles. The third-order valence-corrected chi connectivity index (χ3v) is 5.39. The molecule has 1 N–H and O–H groups in total. The molecular formula is C18H26BNO3. The Kier molecular flexibility index (Phi) is 4.28. The summed E-state index contributed by atoms with van der Waals surface area (Å²) in [6.45, 7) is 8.15. The Labute approximate surface area is 139 Å². The van der Waals surface area contributed by atoms with Crippen molar-refractivity contribution in [1.82, 2.24) is 5.32 Å². The largest absolute Gasteiger partial charge is 0.494 e. The Morgan fingerprint density at radius 3 is 2.09 bits per heavy atom. The quantitative estimate of drug-likeness (QED) is 0.873. The van der Waals surface area contributed by atoms with Gasteiger partial charge in [-0.25, -0.2) is 0 Å². The van der Waals surface area contributed by atoms with E-state index in [1.54, 1.807) is 0 Å². The number of amides is 1. The number of rotatable bonds is 3. The number of hydrogen-bond acceptors (Lipinski definition) is 3. The summed E-state index contributed by atoms with van der Waals surface area (Å²) in [7, 11) is -0.382. The van der Waals surface area contributed by atoms with Crippen molar-refractivity contribution in [2.75, 3.05) is 0 Å². The normalized spacial score (nSPS) is 23.2. The van der Waals surface area contributed by atoms with Crippen molar-refractivity contribution in [3.63, 3.8) is 0 Å². The summed E-state index contributed by atoms with van der Waals surface area (Å²) >= 11 is 0. The lowest BCUT2D eigenvalue weighted by atomic mass is 9.79. The Balaban J connectivity index is 1.67. The Bertz CT molecular complexity index is 560. The third kappa shape index (κ3) is 3.31. The first-order valence-electron chi connectivity index (χ1n) is 8.55. The summed E-state index contributed by atoms with van der Waals surface area (Å²) in [5, 5.41) is 3.11. The molecule has 0 unspecified atom stereocenters. The fourth-order valence-corrected chi connectivity index (χ4v) is 3.11. The molecule has 3 rings (SSSR count). The minimum Gasteiger partial charge on any atom is -0.399 e. The molecule has 1 aromatic carbocycles. The molecule has 0 bridgehead atoms. The van der Waals surface area contributed by atoms with Crippen LogP contribution in [-0.4, -0.2) is 30.3 Å². The lowest BCUT2D eigenvalue weighted by Crippen LogP contribution is -2.41. The standard InChI is InChI=1S/C18H26BNO3/c1-17(2)18(3,4)23-19(22-17)14-11-9-13(10-12-14)16(21)20-15-7-5-6-8-15/h9-12,15H,5-8H2,1-4H3,(H,20,21). The van der Waals surface area contributed by atoms with Crippen molar-refractivity contribution >= 4 is 18.5 Å². The molecule has 2 aliphatic rings. The summed E-state index contributed by atoms with van der Waals surface area (Å²) in [4.78, 5) is 12.3. The van der Waals surface area contributed by atoms with E-state index in [-0.39, 0.29) is 24.2 Å². The van der Waals surface area contributed by atoms with E-state index in [4.69, 9.17) is 9.31 Å². The summed E-state index contributed by atoms with van der Waals surface area (Å²) in [6, 6.07) is 7.89. The molecule has 0 atom stereocenters. The van der Waals surface area contributed by atoms with E-state index in [9.17, 15) is 4.79 Å². The van der Waals surface area contributed by atoms with E-state index in [1.165, 1.54) is 12.8 Å². The van der Waals surface area contributed by atoms with Crippen LogP contribution in [0.5, 0.6) is 0 Å². The van der Waals surface area contributed by atoms with Crippen molar-refractivity contribution in [2.24, 2.45) is 0 Å². The van der Waals surface area contributed by atoms with E-state index in [0.29, 0.717) is 11.6 Å². The zero-order valence-electron chi connectivity index (χ0n) is 14.5. The van der Waals surface area contributed by atoms with Crippen molar-refractivity contribution in [3.8, 4) is 0 Å². The summed E-state index contributed by atoms with van der Waals surface area (Å²) in [5.41, 5.74) is 0.935. The van der Waals surface area contributed by atoms with Crippen molar-refractivity contribution in [1.29, 1.82) is 0 Å². The second-order valence-electron chi connectivity index (χ2n) is 7.67. The zero-order valence-corrected chi connectivity index (χ0v) is 14.5. The molecule has 1 aliphatic carbocycles. The van der Waals surface area contributed by atoms with Gasteiger partial charge in [-0.2, -0.15) is 0 Å². The van der Waals surface area contributed by atoms with Crippen LogP contribution < -0.4 is 10.8 Å². The predicted octanol–water partition coefficient (Wildman–Crippen LogP) is 2.66. The Hall–Kier alpha value is -1.33. The third-order valence-electron chi connectivity index (χ3n) is 5.39. The Morgan fingerprint density at radius 1 is 1.04 bits per heavy atom. The molecule has 1 aromatic rings. The lowest BCUT2D eigenvalue weighted by Gasteiger charge is -2.32. The van der Waals surface area contributed by atoms with E-state index in [2.05, 4.69) is 5.32 Å². The molecule has 0 spiro atoms. The fraction of sp³-hybridized carbons (Fsp3) is 0.611. The molecule has 1 saturated heterocycles. The first-order valence-corrected chi connectivity index (χ1v) is 8.55. The van der Waals surface area contributed by atoms with Gasteiger partial charge in [0.1, 0.15) is 0 Å². The molecule has 1 heterocycles. The Morgan fingerprint density at radius 2 is 1.57 bits per heavy atom. The molecule has 4 nitrogen and oxygen atoms in total.